The van der Waals surface area contributed by atoms with Crippen LogP contribution < -0.4 is 0 Å². The normalized spacial score (nSPS) is 14.5. The topological polar surface area (TPSA) is 36.3 Å². The van der Waals surface area contributed by atoms with Crippen LogP contribution in [0.1, 0.15) is 40.4 Å². The Morgan fingerprint density at radius 2 is 2.00 bits per heavy atom. The van der Waals surface area contributed by atoms with Crippen molar-refractivity contribution in [3.8, 4) is 0 Å². The highest BCUT2D eigenvalue weighted by atomic mass is 127. The highest BCUT2D eigenvalue weighted by molar-refractivity contribution is 14.1. The van der Waals surface area contributed by atoms with Crippen molar-refractivity contribution in [2.45, 2.75) is 72.0 Å². The third-order valence-corrected chi connectivity index (χ3v) is 9.14. The van der Waals surface area contributed by atoms with Crippen LogP contribution >= 0.6 is 22.6 Å². The fraction of sp³-hybridized carbons (Fsp3) is 0.800. The molecular weight excluding hydrogens is 395 g/mol. The van der Waals surface area contributed by atoms with E-state index in [1.54, 1.807) is 0 Å². The van der Waals surface area contributed by atoms with Gasteiger partial charge >= 0.3 is 0 Å². The van der Waals surface area contributed by atoms with Gasteiger partial charge in [0.05, 0.1) is 6.10 Å². The maximum atomic E-state index is 6.42. The molecule has 1 unspecified atom stereocenters. The van der Waals surface area contributed by atoms with Crippen LogP contribution in [0.4, 0.5) is 0 Å². The second kappa shape index (κ2) is 7.57. The molecule has 0 fully saturated rings. The lowest BCUT2D eigenvalue weighted by atomic mass is 10.2. The Bertz CT molecular complexity index is 455. The first-order valence-electron chi connectivity index (χ1n) is 7.54. The summed E-state index contributed by atoms with van der Waals surface area (Å²) in [6.07, 6.45) is 2.25. The maximum absolute atomic E-state index is 6.42. The predicted molar refractivity (Wildman–Crippen MR) is 98.0 cm³/mol. The number of imidazole rings is 1. The quantitative estimate of drug-likeness (QED) is 0.480. The zero-order valence-electron chi connectivity index (χ0n) is 14.4. The molecule has 0 aliphatic rings. The van der Waals surface area contributed by atoms with Gasteiger partial charge in [0.15, 0.2) is 8.32 Å². The Kier molecular flexibility index (Phi) is 6.89. The van der Waals surface area contributed by atoms with Crippen molar-refractivity contribution in [1.29, 1.82) is 0 Å². The van der Waals surface area contributed by atoms with Crippen LogP contribution in [0, 0.1) is 3.70 Å². The predicted octanol–water partition coefficient (Wildman–Crippen LogP) is 4.43. The average molecular weight is 424 g/mol. The van der Waals surface area contributed by atoms with Crippen LogP contribution in [0.3, 0.4) is 0 Å². The van der Waals surface area contributed by atoms with Crippen molar-refractivity contribution in [1.82, 2.24) is 9.55 Å². The molecule has 0 aliphatic heterocycles. The van der Waals surface area contributed by atoms with E-state index >= 15 is 0 Å². The molecule has 6 heteroatoms. The summed E-state index contributed by atoms with van der Waals surface area (Å²) >= 11 is 2.25. The molecule has 0 saturated carbocycles. The first-order valence-corrected chi connectivity index (χ1v) is 11.5. The monoisotopic (exact) mass is 424 g/mol. The van der Waals surface area contributed by atoms with Crippen LogP contribution in [-0.4, -0.2) is 30.6 Å². The number of nitrogens with zero attached hydrogens (tertiary/aromatic N) is 2. The Morgan fingerprint density at radius 3 is 2.52 bits per heavy atom. The van der Waals surface area contributed by atoms with E-state index in [2.05, 4.69) is 79.1 Å². The lowest BCUT2D eigenvalue weighted by Gasteiger charge is -2.38. The maximum Gasteiger partial charge on any atom is 0.192 e. The molecule has 0 amide bonds. The summed E-state index contributed by atoms with van der Waals surface area (Å²) in [5.41, 5.74) is 0. The number of ether oxygens (including phenoxy) is 1. The van der Waals surface area contributed by atoms with E-state index in [0.717, 1.165) is 16.1 Å². The van der Waals surface area contributed by atoms with Gasteiger partial charge in [0.25, 0.3) is 0 Å². The number of aromatic nitrogens is 2. The molecule has 122 valence electrons. The van der Waals surface area contributed by atoms with E-state index in [-0.39, 0.29) is 11.1 Å². The molecule has 1 aromatic rings. The fourth-order valence-electron chi connectivity index (χ4n) is 1.88. The summed E-state index contributed by atoms with van der Waals surface area (Å²) < 4.78 is 15.1. The zero-order chi connectivity index (χ0) is 16.3. The zero-order valence-corrected chi connectivity index (χ0v) is 17.5. The van der Waals surface area contributed by atoms with Gasteiger partial charge in [0.1, 0.15) is 16.1 Å². The highest BCUT2D eigenvalue weighted by Crippen LogP contribution is 2.37. The van der Waals surface area contributed by atoms with Gasteiger partial charge < -0.3 is 13.7 Å². The average Bonchev–Trinajstić information content (AvgIpc) is 2.64. The van der Waals surface area contributed by atoms with Crippen LogP contribution in [0.2, 0.25) is 18.1 Å². The number of rotatable bonds is 7. The van der Waals surface area contributed by atoms with Gasteiger partial charge in [-0.3, -0.25) is 0 Å². The van der Waals surface area contributed by atoms with E-state index in [4.69, 9.17) is 9.16 Å². The molecule has 0 radical (unpaired) electrons. The van der Waals surface area contributed by atoms with Gasteiger partial charge in [-0.05, 0) is 54.6 Å². The van der Waals surface area contributed by atoms with Crippen molar-refractivity contribution in [2.75, 3.05) is 6.61 Å². The molecular formula is C15H29IN2O2Si. The second-order valence-corrected chi connectivity index (χ2v) is 12.8. The highest BCUT2D eigenvalue weighted by Gasteiger charge is 2.38. The Balaban J connectivity index is 2.73. The van der Waals surface area contributed by atoms with Gasteiger partial charge in [-0.25, -0.2) is 4.98 Å². The van der Waals surface area contributed by atoms with E-state index in [1.807, 2.05) is 6.92 Å². The Morgan fingerprint density at radius 1 is 1.38 bits per heavy atom. The van der Waals surface area contributed by atoms with Crippen LogP contribution in [0.25, 0.3) is 0 Å². The lowest BCUT2D eigenvalue weighted by molar-refractivity contribution is 0.121. The van der Waals surface area contributed by atoms with E-state index in [0.29, 0.717) is 13.2 Å². The van der Waals surface area contributed by atoms with E-state index in [9.17, 15) is 0 Å². The largest absolute Gasteiger partial charge is 0.412 e. The smallest absolute Gasteiger partial charge is 0.192 e. The van der Waals surface area contributed by atoms with Crippen LogP contribution in [0.5, 0.6) is 0 Å². The van der Waals surface area contributed by atoms with Crippen LogP contribution in [-0.2, 0) is 22.3 Å². The number of hydrogen-bond donors (Lipinski definition) is 0. The molecule has 4 nitrogen and oxygen atoms in total. The lowest BCUT2D eigenvalue weighted by Crippen LogP contribution is -2.44. The minimum Gasteiger partial charge on any atom is -0.412 e. The molecule has 0 N–H and O–H groups in total. The SMILES string of the molecule is CCOCc1nc(I)cn1CC(C)O[Si](C)(C)C(C)(C)C. The summed E-state index contributed by atoms with van der Waals surface area (Å²) in [5, 5.41) is 0.235. The molecule has 21 heavy (non-hydrogen) atoms. The Hall–Kier alpha value is 0.0769. The van der Waals surface area contributed by atoms with E-state index in [1.165, 1.54) is 0 Å². The molecule has 1 aromatic heterocycles. The first-order chi connectivity index (χ1) is 9.56. The Labute approximate surface area is 143 Å². The molecule has 1 heterocycles. The molecule has 0 spiro atoms. The first kappa shape index (κ1) is 19.1. The minimum atomic E-state index is -1.72. The molecule has 0 saturated heterocycles. The van der Waals surface area contributed by atoms with Crippen molar-refractivity contribution >= 4 is 30.9 Å². The molecule has 0 bridgehead atoms. The molecule has 1 atom stereocenters. The number of hydrogen-bond acceptors (Lipinski definition) is 3. The van der Waals surface area contributed by atoms with Gasteiger partial charge in [0, 0.05) is 19.3 Å². The minimum absolute atomic E-state index is 0.177. The van der Waals surface area contributed by atoms with Crippen molar-refractivity contribution in [3.63, 3.8) is 0 Å². The summed E-state index contributed by atoms with van der Waals surface area (Å²) in [7, 11) is -1.72. The summed E-state index contributed by atoms with van der Waals surface area (Å²) in [5.74, 6) is 0.979. The molecule has 0 aromatic carbocycles. The molecule has 1 rings (SSSR count). The standard InChI is InChI=1S/C15H29IN2O2Si/c1-8-19-11-14-17-13(16)10-18(14)9-12(2)20-21(6,7)15(3,4)5/h10,12H,8-9,11H2,1-7H3. The third-order valence-electron chi connectivity index (χ3n) is 4.02. The number of halogens is 1. The second-order valence-electron chi connectivity index (χ2n) is 6.96. The van der Waals surface area contributed by atoms with Crippen molar-refractivity contribution in [3.05, 3.63) is 15.7 Å². The van der Waals surface area contributed by atoms with E-state index < -0.39 is 8.32 Å². The van der Waals surface area contributed by atoms with Gasteiger partial charge in [-0.2, -0.15) is 0 Å². The van der Waals surface area contributed by atoms with Gasteiger partial charge in [-0.15, -0.1) is 0 Å². The van der Waals surface area contributed by atoms with Crippen LogP contribution in [0.15, 0.2) is 6.20 Å². The van der Waals surface area contributed by atoms with Crippen molar-refractivity contribution in [2.24, 2.45) is 0 Å². The summed E-state index contributed by atoms with van der Waals surface area (Å²) in [6.45, 7) is 17.6. The fourth-order valence-corrected chi connectivity index (χ4v) is 3.93. The molecule has 0 aliphatic carbocycles. The van der Waals surface area contributed by atoms with Crippen molar-refractivity contribution < 1.29 is 9.16 Å². The van der Waals surface area contributed by atoms with Gasteiger partial charge in [-0.1, -0.05) is 20.8 Å². The van der Waals surface area contributed by atoms with Gasteiger partial charge in [0.2, 0.25) is 0 Å². The summed E-state index contributed by atoms with van der Waals surface area (Å²) in [4.78, 5) is 4.53. The third kappa shape index (κ3) is 5.65. The summed E-state index contributed by atoms with van der Waals surface area (Å²) in [6, 6.07) is 0.